The Hall–Kier alpha value is -1.34. The van der Waals surface area contributed by atoms with E-state index < -0.39 is 5.60 Å². The van der Waals surface area contributed by atoms with Crippen LogP contribution in [0.5, 0.6) is 0 Å². The first-order valence-electron chi connectivity index (χ1n) is 5.80. The topological polar surface area (TPSA) is 20.2 Å². The summed E-state index contributed by atoms with van der Waals surface area (Å²) in [6, 6.07) is 10.3. The van der Waals surface area contributed by atoms with Crippen LogP contribution in [0.2, 0.25) is 0 Å². The smallest absolute Gasteiger partial charge is 0.0719 e. The molecule has 2 rings (SSSR count). The third-order valence-electron chi connectivity index (χ3n) is 3.23. The van der Waals surface area contributed by atoms with Crippen molar-refractivity contribution >= 4 is 0 Å². The number of rotatable bonds is 4. The molecule has 1 aliphatic rings. The standard InChI is InChI=1S/C15H18O/c1-15(16,14-9-5-6-10-14)12-11-13-7-3-2-4-8-13/h2-10,14,16H,11-12H2,1H3. The van der Waals surface area contributed by atoms with Gasteiger partial charge in [0.15, 0.2) is 0 Å². The molecule has 0 aliphatic heterocycles. The Bertz CT molecular complexity index is 375. The quantitative estimate of drug-likeness (QED) is 0.816. The van der Waals surface area contributed by atoms with Crippen molar-refractivity contribution in [2.45, 2.75) is 25.4 Å². The van der Waals surface area contributed by atoms with Crippen LogP contribution in [0.3, 0.4) is 0 Å². The molecule has 0 aromatic heterocycles. The zero-order valence-corrected chi connectivity index (χ0v) is 9.63. The molecule has 16 heavy (non-hydrogen) atoms. The molecule has 1 nitrogen and oxygen atoms in total. The van der Waals surface area contributed by atoms with Crippen molar-refractivity contribution in [3.05, 3.63) is 60.2 Å². The molecule has 0 fully saturated rings. The predicted molar refractivity (Wildman–Crippen MR) is 67.2 cm³/mol. The lowest BCUT2D eigenvalue weighted by Crippen LogP contribution is -2.32. The summed E-state index contributed by atoms with van der Waals surface area (Å²) in [5.41, 5.74) is 0.646. The fourth-order valence-corrected chi connectivity index (χ4v) is 2.06. The summed E-state index contributed by atoms with van der Waals surface area (Å²) in [7, 11) is 0. The van der Waals surface area contributed by atoms with E-state index in [2.05, 4.69) is 24.3 Å². The Morgan fingerprint density at radius 1 is 1.12 bits per heavy atom. The summed E-state index contributed by atoms with van der Waals surface area (Å²) in [5, 5.41) is 10.4. The van der Waals surface area contributed by atoms with Crippen LogP contribution < -0.4 is 0 Å². The highest BCUT2D eigenvalue weighted by molar-refractivity contribution is 5.22. The van der Waals surface area contributed by atoms with E-state index in [-0.39, 0.29) is 5.92 Å². The van der Waals surface area contributed by atoms with E-state index in [1.807, 2.05) is 37.3 Å². The number of benzene rings is 1. The van der Waals surface area contributed by atoms with Crippen LogP contribution in [-0.2, 0) is 6.42 Å². The minimum atomic E-state index is -0.640. The molecule has 0 heterocycles. The van der Waals surface area contributed by atoms with Gasteiger partial charge in [0.05, 0.1) is 5.60 Å². The van der Waals surface area contributed by atoms with Crippen molar-refractivity contribution in [2.75, 3.05) is 0 Å². The lowest BCUT2D eigenvalue weighted by molar-refractivity contribution is 0.0269. The molecule has 0 saturated heterocycles. The molecule has 1 aliphatic carbocycles. The minimum absolute atomic E-state index is 0.163. The van der Waals surface area contributed by atoms with E-state index >= 15 is 0 Å². The molecule has 0 radical (unpaired) electrons. The van der Waals surface area contributed by atoms with Crippen molar-refractivity contribution in [2.24, 2.45) is 5.92 Å². The maximum absolute atomic E-state index is 10.4. The Kier molecular flexibility index (Phi) is 3.25. The van der Waals surface area contributed by atoms with Gasteiger partial charge in [-0.25, -0.2) is 0 Å². The highest BCUT2D eigenvalue weighted by Gasteiger charge is 2.28. The summed E-state index contributed by atoms with van der Waals surface area (Å²) in [5.74, 6) is 0.163. The lowest BCUT2D eigenvalue weighted by Gasteiger charge is -2.27. The maximum atomic E-state index is 10.4. The van der Waals surface area contributed by atoms with E-state index in [9.17, 15) is 5.11 Å². The van der Waals surface area contributed by atoms with Gasteiger partial charge in [-0.1, -0.05) is 54.6 Å². The zero-order chi connectivity index (χ0) is 11.4. The molecule has 0 bridgehead atoms. The fourth-order valence-electron chi connectivity index (χ4n) is 2.06. The zero-order valence-electron chi connectivity index (χ0n) is 9.63. The van der Waals surface area contributed by atoms with Crippen LogP contribution in [0.15, 0.2) is 54.6 Å². The van der Waals surface area contributed by atoms with Gasteiger partial charge >= 0.3 is 0 Å². The third kappa shape index (κ3) is 2.61. The molecule has 0 amide bonds. The first-order chi connectivity index (χ1) is 7.68. The fraction of sp³-hybridized carbons (Fsp3) is 0.333. The highest BCUT2D eigenvalue weighted by Crippen LogP contribution is 2.28. The van der Waals surface area contributed by atoms with E-state index in [4.69, 9.17) is 0 Å². The van der Waals surface area contributed by atoms with Gasteiger partial charge in [-0.2, -0.15) is 0 Å². The summed E-state index contributed by atoms with van der Waals surface area (Å²) >= 11 is 0. The molecule has 1 aromatic rings. The van der Waals surface area contributed by atoms with Crippen LogP contribution in [0, 0.1) is 5.92 Å². The van der Waals surface area contributed by atoms with Crippen LogP contribution in [0.1, 0.15) is 18.9 Å². The van der Waals surface area contributed by atoms with Gasteiger partial charge in [0, 0.05) is 5.92 Å². The van der Waals surface area contributed by atoms with E-state index in [1.54, 1.807) is 0 Å². The first kappa shape index (κ1) is 11.2. The summed E-state index contributed by atoms with van der Waals surface area (Å²) in [6.45, 7) is 1.92. The Morgan fingerprint density at radius 2 is 1.75 bits per heavy atom. The van der Waals surface area contributed by atoms with Crippen LogP contribution in [0.4, 0.5) is 0 Å². The number of allylic oxidation sites excluding steroid dienone is 2. The van der Waals surface area contributed by atoms with Crippen LogP contribution in [0.25, 0.3) is 0 Å². The predicted octanol–water partition coefficient (Wildman–Crippen LogP) is 3.11. The summed E-state index contributed by atoms with van der Waals surface area (Å²) in [4.78, 5) is 0. The largest absolute Gasteiger partial charge is 0.389 e. The molecule has 84 valence electrons. The molecule has 1 atom stereocenters. The van der Waals surface area contributed by atoms with E-state index in [0.717, 1.165) is 12.8 Å². The average Bonchev–Trinajstić information content (AvgIpc) is 2.82. The highest BCUT2D eigenvalue weighted by atomic mass is 16.3. The maximum Gasteiger partial charge on any atom is 0.0719 e. The molecule has 1 unspecified atom stereocenters. The normalized spacial score (nSPS) is 18.9. The van der Waals surface area contributed by atoms with Gasteiger partial charge in [0.25, 0.3) is 0 Å². The van der Waals surface area contributed by atoms with Gasteiger partial charge < -0.3 is 5.11 Å². The SMILES string of the molecule is CC(O)(CCc1ccccc1)C1C=CC=C1. The average molecular weight is 214 g/mol. The summed E-state index contributed by atoms with van der Waals surface area (Å²) in [6.07, 6.45) is 9.83. The molecule has 1 heteroatoms. The summed E-state index contributed by atoms with van der Waals surface area (Å²) < 4.78 is 0. The Morgan fingerprint density at radius 3 is 2.38 bits per heavy atom. The van der Waals surface area contributed by atoms with Crippen LogP contribution in [-0.4, -0.2) is 10.7 Å². The molecular formula is C15H18O. The molecule has 0 saturated carbocycles. The second-order valence-corrected chi connectivity index (χ2v) is 4.64. The van der Waals surface area contributed by atoms with Gasteiger partial charge in [0.1, 0.15) is 0 Å². The van der Waals surface area contributed by atoms with Crippen molar-refractivity contribution in [1.29, 1.82) is 0 Å². The lowest BCUT2D eigenvalue weighted by atomic mass is 9.85. The van der Waals surface area contributed by atoms with Gasteiger partial charge in [-0.15, -0.1) is 0 Å². The third-order valence-corrected chi connectivity index (χ3v) is 3.23. The number of hydrogen-bond acceptors (Lipinski definition) is 1. The minimum Gasteiger partial charge on any atom is -0.389 e. The number of aryl methyl sites for hydroxylation is 1. The molecule has 1 aromatic carbocycles. The Labute approximate surface area is 97.1 Å². The second-order valence-electron chi connectivity index (χ2n) is 4.64. The van der Waals surface area contributed by atoms with E-state index in [1.165, 1.54) is 5.56 Å². The molecule has 0 spiro atoms. The second kappa shape index (κ2) is 4.67. The first-order valence-corrected chi connectivity index (χ1v) is 5.80. The van der Waals surface area contributed by atoms with Crippen LogP contribution >= 0.6 is 0 Å². The van der Waals surface area contributed by atoms with Crippen molar-refractivity contribution in [1.82, 2.24) is 0 Å². The van der Waals surface area contributed by atoms with Crippen molar-refractivity contribution < 1.29 is 5.11 Å². The monoisotopic (exact) mass is 214 g/mol. The van der Waals surface area contributed by atoms with E-state index in [0.29, 0.717) is 0 Å². The molecular weight excluding hydrogens is 196 g/mol. The number of aliphatic hydroxyl groups is 1. The molecule has 1 N–H and O–H groups in total. The van der Waals surface area contributed by atoms with Crippen molar-refractivity contribution in [3.8, 4) is 0 Å². The van der Waals surface area contributed by atoms with Gasteiger partial charge in [-0.05, 0) is 25.3 Å². The van der Waals surface area contributed by atoms with Gasteiger partial charge in [-0.3, -0.25) is 0 Å². The van der Waals surface area contributed by atoms with Crippen molar-refractivity contribution in [3.63, 3.8) is 0 Å². The number of hydrogen-bond donors (Lipinski definition) is 1. The Balaban J connectivity index is 1.94. The van der Waals surface area contributed by atoms with Gasteiger partial charge in [0.2, 0.25) is 0 Å².